The van der Waals surface area contributed by atoms with E-state index in [0.29, 0.717) is 0 Å². The van der Waals surface area contributed by atoms with Gasteiger partial charge in [-0.2, -0.15) is 0 Å². The van der Waals surface area contributed by atoms with E-state index in [1.807, 2.05) is 29.2 Å². The van der Waals surface area contributed by atoms with Crippen LogP contribution in [0, 0.1) is 5.92 Å². The van der Waals surface area contributed by atoms with Gasteiger partial charge in [-0.3, -0.25) is 4.79 Å². The zero-order valence-corrected chi connectivity index (χ0v) is 12.4. The number of carbonyl (C=O) groups is 1. The van der Waals surface area contributed by atoms with Crippen LogP contribution in [0.5, 0.6) is 0 Å². The Kier molecular flexibility index (Phi) is 3.99. The van der Waals surface area contributed by atoms with Crippen LogP contribution in [0.4, 0.5) is 0 Å². The van der Waals surface area contributed by atoms with Gasteiger partial charge in [0.1, 0.15) is 0 Å². The van der Waals surface area contributed by atoms with Gasteiger partial charge in [-0.05, 0) is 43.7 Å². The Morgan fingerprint density at radius 3 is 2.75 bits per heavy atom. The van der Waals surface area contributed by atoms with E-state index in [9.17, 15) is 4.79 Å². The van der Waals surface area contributed by atoms with Gasteiger partial charge < -0.3 is 10.6 Å². The number of nitrogens with zero attached hydrogens (tertiary/aromatic N) is 1. The number of nitrogens with two attached hydrogens (primary N) is 1. The van der Waals surface area contributed by atoms with Gasteiger partial charge in [-0.1, -0.05) is 29.8 Å². The number of rotatable bonds is 2. The first-order valence-corrected chi connectivity index (χ1v) is 7.85. The second kappa shape index (κ2) is 5.74. The van der Waals surface area contributed by atoms with E-state index in [1.165, 1.54) is 0 Å². The SMILES string of the molecule is NC1CCC(C(=O)N2CCCC2c2ccccc2Cl)C1. The Balaban J connectivity index is 1.79. The summed E-state index contributed by atoms with van der Waals surface area (Å²) in [5.41, 5.74) is 7.03. The van der Waals surface area contributed by atoms with E-state index >= 15 is 0 Å². The molecular formula is C16H21ClN2O. The van der Waals surface area contributed by atoms with Gasteiger partial charge in [0.25, 0.3) is 0 Å². The molecule has 1 saturated carbocycles. The molecule has 0 bridgehead atoms. The largest absolute Gasteiger partial charge is 0.335 e. The quantitative estimate of drug-likeness (QED) is 0.910. The van der Waals surface area contributed by atoms with Crippen LogP contribution in [0.15, 0.2) is 24.3 Å². The zero-order valence-electron chi connectivity index (χ0n) is 11.6. The van der Waals surface area contributed by atoms with Crippen LogP contribution in [-0.2, 0) is 4.79 Å². The van der Waals surface area contributed by atoms with Crippen molar-refractivity contribution < 1.29 is 4.79 Å². The Morgan fingerprint density at radius 1 is 1.25 bits per heavy atom. The van der Waals surface area contributed by atoms with E-state index in [2.05, 4.69) is 0 Å². The van der Waals surface area contributed by atoms with Gasteiger partial charge in [0.2, 0.25) is 5.91 Å². The van der Waals surface area contributed by atoms with Gasteiger partial charge in [-0.15, -0.1) is 0 Å². The predicted octanol–water partition coefficient (Wildman–Crippen LogP) is 3.13. The number of halogens is 1. The highest BCUT2D eigenvalue weighted by molar-refractivity contribution is 6.31. The molecular weight excluding hydrogens is 272 g/mol. The van der Waals surface area contributed by atoms with E-state index in [1.54, 1.807) is 0 Å². The lowest BCUT2D eigenvalue weighted by Gasteiger charge is -2.28. The zero-order chi connectivity index (χ0) is 14.1. The van der Waals surface area contributed by atoms with Crippen molar-refractivity contribution in [3.63, 3.8) is 0 Å². The summed E-state index contributed by atoms with van der Waals surface area (Å²) in [6.45, 7) is 0.848. The third kappa shape index (κ3) is 2.57. The lowest BCUT2D eigenvalue weighted by Crippen LogP contribution is -2.35. The van der Waals surface area contributed by atoms with E-state index in [0.717, 1.165) is 49.2 Å². The molecule has 1 saturated heterocycles. The molecule has 0 radical (unpaired) electrons. The first kappa shape index (κ1) is 13.9. The molecule has 3 nitrogen and oxygen atoms in total. The molecule has 3 atom stereocenters. The highest BCUT2D eigenvalue weighted by Gasteiger charge is 2.37. The summed E-state index contributed by atoms with van der Waals surface area (Å²) in [7, 11) is 0. The topological polar surface area (TPSA) is 46.3 Å². The number of carbonyl (C=O) groups excluding carboxylic acids is 1. The molecule has 3 unspecified atom stereocenters. The molecule has 1 aromatic rings. The Labute approximate surface area is 125 Å². The highest BCUT2D eigenvalue weighted by atomic mass is 35.5. The lowest BCUT2D eigenvalue weighted by atomic mass is 10.0. The summed E-state index contributed by atoms with van der Waals surface area (Å²) >= 11 is 6.30. The number of hydrogen-bond donors (Lipinski definition) is 1. The van der Waals surface area contributed by atoms with Crippen LogP contribution < -0.4 is 5.73 Å². The molecule has 1 aromatic carbocycles. The van der Waals surface area contributed by atoms with Crippen LogP contribution in [0.2, 0.25) is 5.02 Å². The van der Waals surface area contributed by atoms with Crippen LogP contribution >= 0.6 is 11.6 Å². The molecule has 2 aliphatic rings. The van der Waals surface area contributed by atoms with Gasteiger partial charge in [0.05, 0.1) is 6.04 Å². The number of likely N-dealkylation sites (tertiary alicyclic amines) is 1. The van der Waals surface area contributed by atoms with Gasteiger partial charge >= 0.3 is 0 Å². The summed E-state index contributed by atoms with van der Waals surface area (Å²) in [6.07, 6.45) is 4.81. The minimum atomic E-state index is 0.119. The second-order valence-electron chi connectivity index (χ2n) is 5.98. The van der Waals surface area contributed by atoms with Crippen molar-refractivity contribution in [1.82, 2.24) is 4.90 Å². The maximum Gasteiger partial charge on any atom is 0.226 e. The fourth-order valence-electron chi connectivity index (χ4n) is 3.57. The van der Waals surface area contributed by atoms with E-state index in [-0.39, 0.29) is 23.9 Å². The predicted molar refractivity (Wildman–Crippen MR) is 80.5 cm³/mol. The fraction of sp³-hybridized carbons (Fsp3) is 0.562. The van der Waals surface area contributed by atoms with E-state index in [4.69, 9.17) is 17.3 Å². The monoisotopic (exact) mass is 292 g/mol. The van der Waals surface area contributed by atoms with Crippen molar-refractivity contribution in [3.8, 4) is 0 Å². The summed E-state index contributed by atoms with van der Waals surface area (Å²) < 4.78 is 0. The minimum Gasteiger partial charge on any atom is -0.335 e. The number of amides is 1. The standard InChI is InChI=1S/C16H21ClN2O/c17-14-5-2-1-4-13(14)15-6-3-9-19(15)16(20)11-7-8-12(18)10-11/h1-2,4-5,11-12,15H,3,6-10,18H2. The molecule has 2 fully saturated rings. The molecule has 0 spiro atoms. The molecule has 1 aliphatic heterocycles. The first-order valence-electron chi connectivity index (χ1n) is 7.47. The van der Waals surface area contributed by atoms with Gasteiger partial charge in [-0.25, -0.2) is 0 Å². The third-order valence-electron chi connectivity index (χ3n) is 4.62. The van der Waals surface area contributed by atoms with Crippen molar-refractivity contribution in [3.05, 3.63) is 34.9 Å². The maximum absolute atomic E-state index is 12.7. The molecule has 4 heteroatoms. The molecule has 0 aromatic heterocycles. The van der Waals surface area contributed by atoms with Crippen molar-refractivity contribution in [2.24, 2.45) is 11.7 Å². The minimum absolute atomic E-state index is 0.119. The summed E-state index contributed by atoms with van der Waals surface area (Å²) in [5.74, 6) is 0.397. The van der Waals surface area contributed by atoms with Crippen LogP contribution in [-0.4, -0.2) is 23.4 Å². The maximum atomic E-state index is 12.7. The Hall–Kier alpha value is -1.06. The van der Waals surface area contributed by atoms with E-state index < -0.39 is 0 Å². The molecule has 1 aliphatic carbocycles. The number of hydrogen-bond acceptors (Lipinski definition) is 2. The van der Waals surface area contributed by atoms with Crippen molar-refractivity contribution in [1.29, 1.82) is 0 Å². The summed E-state index contributed by atoms with van der Waals surface area (Å²) in [4.78, 5) is 14.7. The molecule has 1 heterocycles. The molecule has 3 rings (SSSR count). The van der Waals surface area contributed by atoms with Crippen molar-refractivity contribution >= 4 is 17.5 Å². The number of benzene rings is 1. The Morgan fingerprint density at radius 2 is 2.05 bits per heavy atom. The molecule has 20 heavy (non-hydrogen) atoms. The first-order chi connectivity index (χ1) is 9.66. The average molecular weight is 293 g/mol. The van der Waals surface area contributed by atoms with Crippen LogP contribution in [0.3, 0.4) is 0 Å². The average Bonchev–Trinajstić information content (AvgIpc) is 3.07. The van der Waals surface area contributed by atoms with Crippen molar-refractivity contribution in [2.45, 2.75) is 44.2 Å². The smallest absolute Gasteiger partial charge is 0.226 e. The molecule has 2 N–H and O–H groups in total. The molecule has 1 amide bonds. The lowest BCUT2D eigenvalue weighted by molar-refractivity contribution is -0.136. The second-order valence-corrected chi connectivity index (χ2v) is 6.39. The van der Waals surface area contributed by atoms with Crippen molar-refractivity contribution in [2.75, 3.05) is 6.54 Å². The molecule has 108 valence electrons. The van der Waals surface area contributed by atoms with Gasteiger partial charge in [0.15, 0.2) is 0 Å². The summed E-state index contributed by atoms with van der Waals surface area (Å²) in [6, 6.07) is 8.22. The highest BCUT2D eigenvalue weighted by Crippen LogP contribution is 2.38. The Bertz CT molecular complexity index is 505. The van der Waals surface area contributed by atoms with Crippen LogP contribution in [0.25, 0.3) is 0 Å². The van der Waals surface area contributed by atoms with Gasteiger partial charge in [0, 0.05) is 23.5 Å². The summed E-state index contributed by atoms with van der Waals surface area (Å²) in [5, 5.41) is 0.764. The van der Waals surface area contributed by atoms with Crippen LogP contribution in [0.1, 0.15) is 43.7 Å². The fourth-order valence-corrected chi connectivity index (χ4v) is 3.84. The third-order valence-corrected chi connectivity index (χ3v) is 4.97. The normalized spacial score (nSPS) is 29.9.